The van der Waals surface area contributed by atoms with E-state index in [2.05, 4.69) is 21.3 Å². The number of benzene rings is 2. The average Bonchev–Trinajstić information content (AvgIpc) is 3.09. The number of carbonyl (C=O) groups is 3. The van der Waals surface area contributed by atoms with Crippen LogP contribution >= 0.6 is 0 Å². The van der Waals surface area contributed by atoms with Crippen LogP contribution in [0.15, 0.2) is 54.6 Å². The lowest BCUT2D eigenvalue weighted by molar-refractivity contribution is -0.125. The topological polar surface area (TPSA) is 114 Å². The number of carbonyl (C=O) groups excluding carboxylic acids is 3. The molecule has 160 valence electrons. The molecule has 0 spiro atoms. The van der Waals surface area contributed by atoms with Crippen LogP contribution in [0.25, 0.3) is 5.69 Å². The van der Waals surface area contributed by atoms with E-state index in [0.29, 0.717) is 22.8 Å². The van der Waals surface area contributed by atoms with Gasteiger partial charge in [-0.25, -0.2) is 4.68 Å². The molecule has 0 aliphatic heterocycles. The molecule has 0 unspecified atom stereocenters. The van der Waals surface area contributed by atoms with Crippen LogP contribution in [-0.2, 0) is 9.59 Å². The molecule has 3 N–H and O–H groups in total. The monoisotopic (exact) mass is 421 g/mol. The van der Waals surface area contributed by atoms with Crippen LogP contribution in [-0.4, -0.2) is 41.0 Å². The molecule has 0 aliphatic rings. The lowest BCUT2D eigenvalue weighted by atomic mass is 10.1. The molecule has 1 heterocycles. The SMILES string of the molecule is COc1ccccc1NCC(=O)NNC(=O)C(=O)c1c(C)nn(-c2ccccc2)c1C. The highest BCUT2D eigenvalue weighted by Crippen LogP contribution is 2.22. The van der Waals surface area contributed by atoms with E-state index in [4.69, 9.17) is 4.74 Å². The van der Waals surface area contributed by atoms with Crippen molar-refractivity contribution in [2.75, 3.05) is 19.0 Å². The number of amides is 2. The molecule has 31 heavy (non-hydrogen) atoms. The largest absolute Gasteiger partial charge is 0.495 e. The summed E-state index contributed by atoms with van der Waals surface area (Å²) in [7, 11) is 1.52. The van der Waals surface area contributed by atoms with E-state index in [1.165, 1.54) is 7.11 Å². The maximum Gasteiger partial charge on any atom is 0.310 e. The van der Waals surface area contributed by atoms with Gasteiger partial charge < -0.3 is 10.1 Å². The minimum atomic E-state index is -0.954. The molecule has 2 aromatic carbocycles. The summed E-state index contributed by atoms with van der Waals surface area (Å²) in [6.45, 7) is 3.24. The molecule has 0 bridgehead atoms. The van der Waals surface area contributed by atoms with Gasteiger partial charge in [0.1, 0.15) is 5.75 Å². The van der Waals surface area contributed by atoms with Gasteiger partial charge in [-0.1, -0.05) is 30.3 Å². The Labute approximate surface area is 179 Å². The van der Waals surface area contributed by atoms with Crippen LogP contribution in [0.5, 0.6) is 5.75 Å². The Hall–Kier alpha value is -4.14. The number of ketones is 1. The molecule has 9 nitrogen and oxygen atoms in total. The van der Waals surface area contributed by atoms with Crippen LogP contribution in [0.4, 0.5) is 5.69 Å². The van der Waals surface area contributed by atoms with E-state index >= 15 is 0 Å². The van der Waals surface area contributed by atoms with Crippen molar-refractivity contribution in [1.82, 2.24) is 20.6 Å². The number of anilines is 1. The predicted octanol–water partition coefficient (Wildman–Crippen LogP) is 1.94. The summed E-state index contributed by atoms with van der Waals surface area (Å²) in [4.78, 5) is 37.0. The zero-order chi connectivity index (χ0) is 22.4. The molecule has 1 aromatic heterocycles. The van der Waals surface area contributed by atoms with Crippen LogP contribution in [0, 0.1) is 13.8 Å². The first-order valence-electron chi connectivity index (χ1n) is 9.54. The highest BCUT2D eigenvalue weighted by molar-refractivity contribution is 6.43. The summed E-state index contributed by atoms with van der Waals surface area (Å²) < 4.78 is 6.80. The highest BCUT2D eigenvalue weighted by Gasteiger charge is 2.25. The highest BCUT2D eigenvalue weighted by atomic mass is 16.5. The van der Waals surface area contributed by atoms with Crippen LogP contribution in [0.1, 0.15) is 21.7 Å². The van der Waals surface area contributed by atoms with E-state index in [1.54, 1.807) is 42.8 Å². The fraction of sp³-hybridized carbons (Fsp3) is 0.182. The first kappa shape index (κ1) is 21.6. The molecule has 2 amide bonds. The second-order valence-corrected chi connectivity index (χ2v) is 6.68. The van der Waals surface area contributed by atoms with Gasteiger partial charge in [0.25, 0.3) is 11.7 Å². The molecule has 3 rings (SSSR count). The summed E-state index contributed by atoms with van der Waals surface area (Å²) in [5.74, 6) is -1.68. The van der Waals surface area contributed by atoms with Crippen molar-refractivity contribution in [1.29, 1.82) is 0 Å². The van der Waals surface area contributed by atoms with Gasteiger partial charge in [0, 0.05) is 0 Å². The molecular weight excluding hydrogens is 398 g/mol. The van der Waals surface area contributed by atoms with E-state index < -0.39 is 17.6 Å². The van der Waals surface area contributed by atoms with Gasteiger partial charge in [0.15, 0.2) is 0 Å². The second-order valence-electron chi connectivity index (χ2n) is 6.68. The third-order valence-corrected chi connectivity index (χ3v) is 4.59. The quantitative estimate of drug-likeness (QED) is 0.305. The summed E-state index contributed by atoms with van der Waals surface area (Å²) in [5.41, 5.74) is 6.94. The fourth-order valence-electron chi connectivity index (χ4n) is 3.10. The zero-order valence-electron chi connectivity index (χ0n) is 17.4. The number of hydrazine groups is 1. The van der Waals surface area contributed by atoms with Crippen LogP contribution in [0.3, 0.4) is 0 Å². The second kappa shape index (κ2) is 9.57. The van der Waals surface area contributed by atoms with Crippen molar-refractivity contribution >= 4 is 23.3 Å². The van der Waals surface area contributed by atoms with Crippen molar-refractivity contribution in [2.24, 2.45) is 0 Å². The molecule has 0 saturated carbocycles. The van der Waals surface area contributed by atoms with Gasteiger partial charge in [-0.3, -0.25) is 25.2 Å². The molecular formula is C22H23N5O4. The number of rotatable bonds is 7. The van der Waals surface area contributed by atoms with Gasteiger partial charge >= 0.3 is 5.91 Å². The summed E-state index contributed by atoms with van der Waals surface area (Å²) in [6, 6.07) is 16.4. The minimum Gasteiger partial charge on any atom is -0.495 e. The standard InChI is InChI=1S/C22H23N5O4/c1-14-20(15(2)27(26-14)16-9-5-4-6-10-16)21(29)22(30)25-24-19(28)13-23-17-11-7-8-12-18(17)31-3/h4-12,23H,13H2,1-3H3,(H,24,28)(H,25,30). The molecule has 0 saturated heterocycles. The third kappa shape index (κ3) is 4.89. The van der Waals surface area contributed by atoms with Gasteiger partial charge in [0.05, 0.1) is 42.0 Å². The van der Waals surface area contributed by atoms with Gasteiger partial charge in [0.2, 0.25) is 0 Å². The third-order valence-electron chi connectivity index (χ3n) is 4.59. The van der Waals surface area contributed by atoms with Crippen molar-refractivity contribution in [2.45, 2.75) is 13.8 Å². The van der Waals surface area contributed by atoms with Gasteiger partial charge in [-0.05, 0) is 38.1 Å². The average molecular weight is 421 g/mol. The Balaban J connectivity index is 1.60. The molecule has 0 aliphatic carbocycles. The van der Waals surface area contributed by atoms with E-state index in [1.807, 2.05) is 30.3 Å². The zero-order valence-corrected chi connectivity index (χ0v) is 17.4. The molecule has 0 fully saturated rings. The smallest absolute Gasteiger partial charge is 0.310 e. The number of aryl methyl sites for hydroxylation is 1. The Morgan fingerprint density at radius 3 is 2.35 bits per heavy atom. The molecule has 3 aromatic rings. The predicted molar refractivity (Wildman–Crippen MR) is 115 cm³/mol. The number of Topliss-reactive ketones (excluding diaryl/α,β-unsaturated/α-hetero) is 1. The van der Waals surface area contributed by atoms with Crippen LogP contribution < -0.4 is 20.9 Å². The maximum atomic E-state index is 12.7. The maximum absolute atomic E-state index is 12.7. The van der Waals surface area contributed by atoms with E-state index in [-0.39, 0.29) is 12.1 Å². The Bertz CT molecular complexity index is 1110. The Kier molecular flexibility index (Phi) is 6.66. The van der Waals surface area contributed by atoms with E-state index in [9.17, 15) is 14.4 Å². The lowest BCUT2D eigenvalue weighted by Gasteiger charge is -2.11. The van der Waals surface area contributed by atoms with Gasteiger partial charge in [-0.15, -0.1) is 0 Å². The number of nitrogens with one attached hydrogen (secondary N) is 3. The molecule has 0 radical (unpaired) electrons. The first-order valence-corrected chi connectivity index (χ1v) is 9.54. The van der Waals surface area contributed by atoms with Crippen molar-refractivity contribution < 1.29 is 19.1 Å². The number of hydrogen-bond donors (Lipinski definition) is 3. The van der Waals surface area contributed by atoms with Crippen molar-refractivity contribution in [3.05, 3.63) is 71.5 Å². The van der Waals surface area contributed by atoms with Crippen molar-refractivity contribution in [3.8, 4) is 11.4 Å². The van der Waals surface area contributed by atoms with Crippen LogP contribution in [0.2, 0.25) is 0 Å². The number of ether oxygens (including phenoxy) is 1. The number of para-hydroxylation sites is 3. The van der Waals surface area contributed by atoms with Gasteiger partial charge in [-0.2, -0.15) is 5.10 Å². The van der Waals surface area contributed by atoms with Crippen molar-refractivity contribution in [3.63, 3.8) is 0 Å². The summed E-state index contributed by atoms with van der Waals surface area (Å²) >= 11 is 0. The lowest BCUT2D eigenvalue weighted by Crippen LogP contribution is -2.47. The Morgan fingerprint density at radius 1 is 0.968 bits per heavy atom. The fourth-order valence-corrected chi connectivity index (χ4v) is 3.10. The molecule has 0 atom stereocenters. The number of nitrogens with zero attached hydrogens (tertiary/aromatic N) is 2. The number of methoxy groups -OCH3 is 1. The minimum absolute atomic E-state index is 0.126. The summed E-state index contributed by atoms with van der Waals surface area (Å²) in [5, 5.41) is 7.27. The number of hydrogen-bond acceptors (Lipinski definition) is 6. The molecule has 9 heteroatoms. The first-order chi connectivity index (χ1) is 14.9. The normalized spacial score (nSPS) is 10.3. The number of aromatic nitrogens is 2. The van der Waals surface area contributed by atoms with E-state index in [0.717, 1.165) is 5.69 Å². The Morgan fingerprint density at radius 2 is 1.65 bits per heavy atom. The summed E-state index contributed by atoms with van der Waals surface area (Å²) in [6.07, 6.45) is 0.